The van der Waals surface area contributed by atoms with Gasteiger partial charge < -0.3 is 0 Å². The van der Waals surface area contributed by atoms with E-state index in [-0.39, 0.29) is 4.90 Å². The van der Waals surface area contributed by atoms with Crippen molar-refractivity contribution in [3.05, 3.63) is 24.3 Å². The molecule has 0 atom stereocenters. The lowest BCUT2D eigenvalue weighted by Gasteiger charge is -2.25. The lowest BCUT2D eigenvalue weighted by atomic mass is 10.2. The van der Waals surface area contributed by atoms with Crippen LogP contribution in [0.5, 0.6) is 0 Å². The molecule has 1 aromatic carbocycles. The molecule has 1 saturated heterocycles. The first-order valence-corrected chi connectivity index (χ1v) is 8.08. The van der Waals surface area contributed by atoms with Crippen molar-refractivity contribution in [2.45, 2.75) is 27.9 Å². The quantitative estimate of drug-likeness (QED) is 0.862. The number of rotatable bonds is 3. The van der Waals surface area contributed by atoms with Gasteiger partial charge in [-0.05, 0) is 37.1 Å². The maximum absolute atomic E-state index is 12.8. The van der Waals surface area contributed by atoms with E-state index in [4.69, 9.17) is 5.14 Å². The second-order valence-corrected chi connectivity index (χ2v) is 7.18. The van der Waals surface area contributed by atoms with E-state index in [1.165, 1.54) is 12.1 Å². The normalized spacial score (nSPS) is 19.0. The molecule has 1 heterocycles. The van der Waals surface area contributed by atoms with E-state index in [1.807, 2.05) is 0 Å². The molecule has 0 bridgehead atoms. The van der Waals surface area contributed by atoms with Crippen molar-refractivity contribution in [3.8, 4) is 0 Å². The molecule has 0 unspecified atom stereocenters. The summed E-state index contributed by atoms with van der Waals surface area (Å²) in [6.07, 6.45) is 1.61. The van der Waals surface area contributed by atoms with Crippen molar-refractivity contribution in [2.75, 3.05) is 13.1 Å². The number of thioether (sulfide) groups is 1. The fraction of sp³-hybridized carbons (Fsp3) is 0.455. The number of hydrogen-bond donors (Lipinski definition) is 1. The third-order valence-corrected chi connectivity index (χ3v) is 5.12. The Kier molecular flexibility index (Phi) is 4.26. The fourth-order valence-corrected chi connectivity index (χ4v) is 3.48. The van der Waals surface area contributed by atoms with Gasteiger partial charge in [0.2, 0.25) is 10.0 Å². The van der Waals surface area contributed by atoms with Crippen molar-refractivity contribution in [3.63, 3.8) is 0 Å². The molecule has 0 aliphatic carbocycles. The molecule has 0 radical (unpaired) electrons. The molecule has 2 rings (SSSR count). The van der Waals surface area contributed by atoms with Crippen LogP contribution in [0, 0.1) is 0 Å². The Morgan fingerprint density at radius 3 is 2.28 bits per heavy atom. The summed E-state index contributed by atoms with van der Waals surface area (Å²) in [6.45, 7) is 0.930. The molecule has 1 aliphatic heterocycles. The van der Waals surface area contributed by atoms with Crippen LogP contribution >= 0.6 is 11.8 Å². The van der Waals surface area contributed by atoms with Gasteiger partial charge in [0.25, 0.3) is 0 Å². The second kappa shape index (κ2) is 5.56. The Labute approximate surface area is 110 Å². The molecule has 7 heteroatoms. The number of nitrogens with two attached hydrogens (primary N) is 1. The summed E-state index contributed by atoms with van der Waals surface area (Å²) < 4.78 is 35.0. The van der Waals surface area contributed by atoms with E-state index in [9.17, 15) is 12.9 Å². The van der Waals surface area contributed by atoms with Crippen molar-refractivity contribution in [2.24, 2.45) is 5.14 Å². The number of primary sulfonamides is 1. The van der Waals surface area contributed by atoms with Gasteiger partial charge in [0.15, 0.2) is 0 Å². The number of hydrogen-bond acceptors (Lipinski definition) is 4. The van der Waals surface area contributed by atoms with Crippen LogP contribution in [0.4, 0.5) is 4.48 Å². The fourth-order valence-electron chi connectivity index (χ4n) is 1.84. The summed E-state index contributed by atoms with van der Waals surface area (Å²) in [5.41, 5.74) is 0. The van der Waals surface area contributed by atoms with Gasteiger partial charge in [-0.3, -0.25) is 0 Å². The molecule has 100 valence electrons. The lowest BCUT2D eigenvalue weighted by Crippen LogP contribution is -2.28. The Bertz CT molecular complexity index is 496. The average molecular weight is 290 g/mol. The summed E-state index contributed by atoms with van der Waals surface area (Å²) in [4.78, 5) is 1.10. The summed E-state index contributed by atoms with van der Waals surface area (Å²) in [6, 6.07) is 6.49. The molecule has 1 aliphatic rings. The maximum atomic E-state index is 12.8. The van der Waals surface area contributed by atoms with Gasteiger partial charge in [0.05, 0.1) is 4.90 Å². The minimum Gasteiger partial charge on any atom is -0.225 e. The molecule has 4 nitrogen and oxygen atoms in total. The third-order valence-electron chi connectivity index (χ3n) is 2.84. The highest BCUT2D eigenvalue weighted by atomic mass is 32.2. The van der Waals surface area contributed by atoms with Crippen LogP contribution in [-0.4, -0.2) is 31.9 Å². The van der Waals surface area contributed by atoms with Crippen molar-refractivity contribution >= 4 is 21.8 Å². The average Bonchev–Trinajstić information content (AvgIpc) is 2.32. The third kappa shape index (κ3) is 3.68. The molecular weight excluding hydrogens is 275 g/mol. The van der Waals surface area contributed by atoms with Crippen LogP contribution in [0.3, 0.4) is 0 Å². The highest BCUT2D eigenvalue weighted by molar-refractivity contribution is 8.00. The molecular formula is C11H15FN2O2S2. The molecule has 18 heavy (non-hydrogen) atoms. The zero-order valence-corrected chi connectivity index (χ0v) is 11.4. The summed E-state index contributed by atoms with van der Waals surface area (Å²) in [5, 5.41) is 6.25. The van der Waals surface area contributed by atoms with Crippen LogP contribution in [-0.2, 0) is 10.0 Å². The molecule has 2 N–H and O–H groups in total. The van der Waals surface area contributed by atoms with E-state index >= 15 is 0 Å². The van der Waals surface area contributed by atoms with Crippen LogP contribution in [0.2, 0.25) is 0 Å². The predicted octanol–water partition coefficient (Wildman–Crippen LogP) is 1.78. The first-order chi connectivity index (χ1) is 8.45. The van der Waals surface area contributed by atoms with E-state index < -0.39 is 10.0 Å². The standard InChI is InChI=1S/C11H15FN2O2S2/c12-14-7-5-10(6-8-14)17-9-1-3-11(4-2-9)18(13,15)16/h1-4,10H,5-8H2,(H2,13,15,16). The minimum atomic E-state index is -3.63. The number of halogens is 1. The molecule has 0 saturated carbocycles. The Hall–Kier alpha value is -0.630. The number of piperidine rings is 1. The number of benzene rings is 1. The van der Waals surface area contributed by atoms with Gasteiger partial charge in [-0.2, -0.15) is 0 Å². The lowest BCUT2D eigenvalue weighted by molar-refractivity contribution is 0.00792. The van der Waals surface area contributed by atoms with Crippen LogP contribution in [0.1, 0.15) is 12.8 Å². The smallest absolute Gasteiger partial charge is 0.225 e. The second-order valence-electron chi connectivity index (χ2n) is 4.24. The number of nitrogens with zero attached hydrogens (tertiary/aromatic N) is 1. The topological polar surface area (TPSA) is 63.4 Å². The summed E-state index contributed by atoms with van der Waals surface area (Å²) >= 11 is 1.66. The highest BCUT2D eigenvalue weighted by Gasteiger charge is 2.19. The van der Waals surface area contributed by atoms with Gasteiger partial charge in [-0.15, -0.1) is 21.4 Å². The molecule has 0 spiro atoms. The monoisotopic (exact) mass is 290 g/mol. The largest absolute Gasteiger partial charge is 0.238 e. The van der Waals surface area contributed by atoms with Crippen molar-refractivity contribution < 1.29 is 12.9 Å². The zero-order valence-electron chi connectivity index (χ0n) is 9.75. The first-order valence-electron chi connectivity index (χ1n) is 5.65. The van der Waals surface area contributed by atoms with Gasteiger partial charge in [-0.25, -0.2) is 13.6 Å². The molecule has 0 amide bonds. The van der Waals surface area contributed by atoms with E-state index in [0.29, 0.717) is 18.3 Å². The number of sulfonamides is 1. The van der Waals surface area contributed by atoms with E-state index in [1.54, 1.807) is 23.9 Å². The van der Waals surface area contributed by atoms with Gasteiger partial charge >= 0.3 is 0 Å². The zero-order chi connectivity index (χ0) is 13.2. The Balaban J connectivity index is 1.98. The van der Waals surface area contributed by atoms with Crippen LogP contribution < -0.4 is 5.14 Å². The predicted molar refractivity (Wildman–Crippen MR) is 69.4 cm³/mol. The van der Waals surface area contributed by atoms with Crippen LogP contribution in [0.25, 0.3) is 0 Å². The molecule has 1 aromatic rings. The SMILES string of the molecule is NS(=O)(=O)c1ccc(SC2CCN(F)CC2)cc1. The molecule has 1 fully saturated rings. The Morgan fingerprint density at radius 2 is 1.78 bits per heavy atom. The molecule has 0 aromatic heterocycles. The maximum Gasteiger partial charge on any atom is 0.238 e. The van der Waals surface area contributed by atoms with Gasteiger partial charge in [0.1, 0.15) is 0 Å². The van der Waals surface area contributed by atoms with Gasteiger partial charge in [0, 0.05) is 23.2 Å². The summed E-state index contributed by atoms with van der Waals surface area (Å²) in [5.74, 6) is 0. The highest BCUT2D eigenvalue weighted by Crippen LogP contribution is 2.30. The van der Waals surface area contributed by atoms with Crippen molar-refractivity contribution in [1.82, 2.24) is 5.12 Å². The Morgan fingerprint density at radius 1 is 1.22 bits per heavy atom. The minimum absolute atomic E-state index is 0.116. The van der Waals surface area contributed by atoms with Crippen LogP contribution in [0.15, 0.2) is 34.1 Å². The summed E-state index contributed by atoms with van der Waals surface area (Å²) in [7, 11) is -3.63. The van der Waals surface area contributed by atoms with E-state index in [0.717, 1.165) is 22.9 Å². The van der Waals surface area contributed by atoms with Crippen molar-refractivity contribution in [1.29, 1.82) is 0 Å². The van der Waals surface area contributed by atoms with E-state index in [2.05, 4.69) is 0 Å². The van der Waals surface area contributed by atoms with Gasteiger partial charge in [-0.1, -0.05) is 0 Å². The first kappa shape index (κ1) is 13.8.